The number of ether oxygens (including phenoxy) is 1. The van der Waals surface area contributed by atoms with Crippen LogP contribution in [0.3, 0.4) is 0 Å². The molecule has 0 rings (SSSR count). The normalized spacial score (nSPS) is 13.6. The summed E-state index contributed by atoms with van der Waals surface area (Å²) in [5, 5.41) is 0. The number of methoxy groups -OCH3 is 1. The Morgan fingerprint density at radius 3 is 2.06 bits per heavy atom. The fourth-order valence-electron chi connectivity index (χ4n) is 1.65. The molecule has 0 spiro atoms. The maximum atomic E-state index is 12.0. The second kappa shape index (κ2) is 11.5. The molecule has 2 unspecified atom stereocenters. The van der Waals surface area contributed by atoms with E-state index in [1.54, 1.807) is 7.11 Å². The average Bonchev–Trinajstić information content (AvgIpc) is 2.38. The van der Waals surface area contributed by atoms with Crippen molar-refractivity contribution in [1.82, 2.24) is 4.90 Å². The molecular formula is C15H33NO2. The summed E-state index contributed by atoms with van der Waals surface area (Å²) in [5.41, 5.74) is 0. The van der Waals surface area contributed by atoms with Gasteiger partial charge in [0.05, 0.1) is 6.61 Å². The minimum absolute atomic E-state index is 0.102. The van der Waals surface area contributed by atoms with E-state index in [-0.39, 0.29) is 11.8 Å². The molecule has 0 saturated heterocycles. The van der Waals surface area contributed by atoms with E-state index < -0.39 is 0 Å². The van der Waals surface area contributed by atoms with E-state index in [9.17, 15) is 4.79 Å². The molecule has 3 nitrogen and oxygen atoms in total. The van der Waals surface area contributed by atoms with Gasteiger partial charge in [0, 0.05) is 26.6 Å². The van der Waals surface area contributed by atoms with Gasteiger partial charge >= 0.3 is 0 Å². The lowest BCUT2D eigenvalue weighted by molar-refractivity contribution is -0.135. The molecule has 0 heterocycles. The quantitative estimate of drug-likeness (QED) is 0.701. The fraction of sp³-hybridized carbons (Fsp3) is 0.933. The number of hydrogen-bond donors (Lipinski definition) is 0. The predicted octanol–water partition coefficient (Wildman–Crippen LogP) is 3.44. The Balaban J connectivity index is 0. The van der Waals surface area contributed by atoms with Crippen molar-refractivity contribution in [1.29, 1.82) is 0 Å². The van der Waals surface area contributed by atoms with Gasteiger partial charge in [0.2, 0.25) is 5.91 Å². The van der Waals surface area contributed by atoms with Gasteiger partial charge in [0.15, 0.2) is 0 Å². The number of rotatable bonds is 7. The van der Waals surface area contributed by atoms with Crippen molar-refractivity contribution in [2.45, 2.75) is 48.0 Å². The maximum Gasteiger partial charge on any atom is 0.225 e. The molecule has 0 aromatic heterocycles. The third-order valence-corrected chi connectivity index (χ3v) is 3.28. The Kier molecular flexibility index (Phi) is 12.6. The zero-order chi connectivity index (χ0) is 14.7. The summed E-state index contributed by atoms with van der Waals surface area (Å²) in [6.45, 7) is 13.8. The largest absolute Gasteiger partial charge is 0.384 e. The first-order valence-corrected chi connectivity index (χ1v) is 7.17. The molecule has 3 heteroatoms. The van der Waals surface area contributed by atoms with Crippen LogP contribution < -0.4 is 0 Å². The lowest BCUT2D eigenvalue weighted by Crippen LogP contribution is -2.38. The third kappa shape index (κ3) is 7.70. The summed E-state index contributed by atoms with van der Waals surface area (Å²) < 4.78 is 5.15. The van der Waals surface area contributed by atoms with Gasteiger partial charge in [-0.3, -0.25) is 4.79 Å². The lowest BCUT2D eigenvalue weighted by Gasteiger charge is -2.27. The second-order valence-electron chi connectivity index (χ2n) is 4.98. The summed E-state index contributed by atoms with van der Waals surface area (Å²) in [7, 11) is 3.60. The van der Waals surface area contributed by atoms with Crippen molar-refractivity contribution in [2.75, 3.05) is 27.3 Å². The summed E-state index contributed by atoms with van der Waals surface area (Å²) in [6.07, 6.45) is 1.04. The molecule has 2 atom stereocenters. The van der Waals surface area contributed by atoms with Gasteiger partial charge in [-0.15, -0.1) is 0 Å². The SMILES string of the molecule is CC.CCC(COC)CN(C)C(=O)C(C)C(C)C. The molecule has 0 bridgehead atoms. The fourth-order valence-corrected chi connectivity index (χ4v) is 1.65. The molecule has 0 aromatic carbocycles. The highest BCUT2D eigenvalue weighted by Crippen LogP contribution is 2.14. The van der Waals surface area contributed by atoms with Gasteiger partial charge in [-0.25, -0.2) is 0 Å². The standard InChI is InChI=1S/C13H27NO2.C2H6/c1-7-12(9-16-6)8-14(5)13(15)11(4)10(2)3;1-2/h10-12H,7-9H2,1-6H3;1-2H3. The lowest BCUT2D eigenvalue weighted by atomic mass is 9.96. The summed E-state index contributed by atoms with van der Waals surface area (Å²) in [4.78, 5) is 13.9. The van der Waals surface area contributed by atoms with E-state index in [4.69, 9.17) is 4.74 Å². The van der Waals surface area contributed by atoms with Crippen LogP contribution in [0.1, 0.15) is 48.0 Å². The molecule has 0 N–H and O–H groups in total. The maximum absolute atomic E-state index is 12.0. The highest BCUT2D eigenvalue weighted by Gasteiger charge is 2.22. The highest BCUT2D eigenvalue weighted by molar-refractivity contribution is 5.78. The number of carbonyl (C=O) groups excluding carboxylic acids is 1. The molecular weight excluding hydrogens is 226 g/mol. The van der Waals surface area contributed by atoms with E-state index >= 15 is 0 Å². The first-order valence-electron chi connectivity index (χ1n) is 7.17. The van der Waals surface area contributed by atoms with Crippen LogP contribution in [0.25, 0.3) is 0 Å². The van der Waals surface area contributed by atoms with Crippen LogP contribution >= 0.6 is 0 Å². The monoisotopic (exact) mass is 259 g/mol. The first kappa shape index (κ1) is 19.8. The van der Waals surface area contributed by atoms with Crippen LogP contribution in [-0.2, 0) is 9.53 Å². The van der Waals surface area contributed by atoms with Gasteiger partial charge in [-0.2, -0.15) is 0 Å². The molecule has 0 radical (unpaired) electrons. The third-order valence-electron chi connectivity index (χ3n) is 3.28. The molecule has 0 saturated carbocycles. The minimum Gasteiger partial charge on any atom is -0.384 e. The van der Waals surface area contributed by atoms with E-state index in [2.05, 4.69) is 20.8 Å². The van der Waals surface area contributed by atoms with Crippen molar-refractivity contribution in [3.63, 3.8) is 0 Å². The predicted molar refractivity (Wildman–Crippen MR) is 78.6 cm³/mol. The van der Waals surface area contributed by atoms with Gasteiger partial charge in [-0.05, 0) is 18.3 Å². The van der Waals surface area contributed by atoms with E-state index in [0.29, 0.717) is 11.8 Å². The van der Waals surface area contributed by atoms with Crippen LogP contribution in [-0.4, -0.2) is 38.1 Å². The highest BCUT2D eigenvalue weighted by atomic mass is 16.5. The first-order chi connectivity index (χ1) is 8.43. The summed E-state index contributed by atoms with van der Waals surface area (Å²) in [6, 6.07) is 0. The van der Waals surface area contributed by atoms with Crippen LogP contribution in [0.2, 0.25) is 0 Å². The van der Waals surface area contributed by atoms with Crippen LogP contribution in [0.15, 0.2) is 0 Å². The second-order valence-corrected chi connectivity index (χ2v) is 4.98. The Morgan fingerprint density at radius 2 is 1.72 bits per heavy atom. The Morgan fingerprint density at radius 1 is 1.22 bits per heavy atom. The molecule has 1 amide bonds. The van der Waals surface area contributed by atoms with Crippen LogP contribution in [0.5, 0.6) is 0 Å². The topological polar surface area (TPSA) is 29.5 Å². The minimum atomic E-state index is 0.102. The Bertz CT molecular complexity index is 205. The molecule has 0 fully saturated rings. The molecule has 0 aliphatic carbocycles. The van der Waals surface area contributed by atoms with E-state index in [0.717, 1.165) is 19.6 Å². The van der Waals surface area contributed by atoms with Crippen molar-refractivity contribution in [2.24, 2.45) is 17.8 Å². The van der Waals surface area contributed by atoms with Gasteiger partial charge in [0.25, 0.3) is 0 Å². The van der Waals surface area contributed by atoms with Gasteiger partial charge in [0.1, 0.15) is 0 Å². The molecule has 18 heavy (non-hydrogen) atoms. The van der Waals surface area contributed by atoms with Crippen LogP contribution in [0, 0.1) is 17.8 Å². The molecule has 110 valence electrons. The number of nitrogens with zero attached hydrogens (tertiary/aromatic N) is 1. The van der Waals surface area contributed by atoms with Crippen molar-refractivity contribution in [3.8, 4) is 0 Å². The Labute approximate surface area is 114 Å². The van der Waals surface area contributed by atoms with Crippen molar-refractivity contribution >= 4 is 5.91 Å². The van der Waals surface area contributed by atoms with Crippen molar-refractivity contribution in [3.05, 3.63) is 0 Å². The smallest absolute Gasteiger partial charge is 0.225 e. The van der Waals surface area contributed by atoms with E-state index in [1.165, 1.54) is 0 Å². The van der Waals surface area contributed by atoms with Gasteiger partial charge in [-0.1, -0.05) is 41.5 Å². The zero-order valence-electron chi connectivity index (χ0n) is 13.6. The number of carbonyl (C=O) groups is 1. The van der Waals surface area contributed by atoms with Gasteiger partial charge < -0.3 is 9.64 Å². The summed E-state index contributed by atoms with van der Waals surface area (Å²) >= 11 is 0. The Hall–Kier alpha value is -0.570. The van der Waals surface area contributed by atoms with E-state index in [1.807, 2.05) is 32.7 Å². The summed E-state index contributed by atoms with van der Waals surface area (Å²) in [5.74, 6) is 1.19. The molecule has 0 aliphatic rings. The molecule has 0 aliphatic heterocycles. The number of amides is 1. The average molecular weight is 259 g/mol. The number of hydrogen-bond acceptors (Lipinski definition) is 2. The zero-order valence-corrected chi connectivity index (χ0v) is 13.6. The van der Waals surface area contributed by atoms with Crippen LogP contribution in [0.4, 0.5) is 0 Å². The van der Waals surface area contributed by atoms with Crippen molar-refractivity contribution < 1.29 is 9.53 Å². The molecule has 0 aromatic rings.